The molecule has 3 N–H and O–H groups in total. The quantitative estimate of drug-likeness (QED) is 0.671. The van der Waals surface area contributed by atoms with Crippen LogP contribution >= 0.6 is 15.9 Å². The Morgan fingerprint density at radius 1 is 1.42 bits per heavy atom. The maximum absolute atomic E-state index is 13.1. The Morgan fingerprint density at radius 2 is 2.21 bits per heavy atom. The first kappa shape index (κ1) is 13.5. The van der Waals surface area contributed by atoms with Crippen LogP contribution in [0.4, 0.5) is 4.39 Å². The highest BCUT2D eigenvalue weighted by Crippen LogP contribution is 2.22. The van der Waals surface area contributed by atoms with Crippen LogP contribution in [0.25, 0.3) is 0 Å². The topological polar surface area (TPSA) is 72.0 Å². The Balaban J connectivity index is 2.14. The Kier molecular flexibility index (Phi) is 4.11. The summed E-state index contributed by atoms with van der Waals surface area (Å²) >= 11 is 3.09. The van der Waals surface area contributed by atoms with Gasteiger partial charge in [-0.05, 0) is 40.2 Å². The normalized spacial score (nSPS) is 10.2. The largest absolute Gasteiger partial charge is 0.489 e. The number of nitrogen functional groups attached to an aromatic ring is 1. The average molecular weight is 324 g/mol. The van der Waals surface area contributed by atoms with Crippen LogP contribution in [0.2, 0.25) is 0 Å². The number of benzene rings is 1. The minimum Gasteiger partial charge on any atom is -0.489 e. The molecule has 0 aliphatic rings. The summed E-state index contributed by atoms with van der Waals surface area (Å²) in [5, 5.41) is 7.42. The van der Waals surface area contributed by atoms with Gasteiger partial charge in [-0.15, -0.1) is 0 Å². The number of nitrogens with one attached hydrogen (secondary N) is 1. The van der Waals surface area contributed by atoms with E-state index in [4.69, 9.17) is 15.9 Å². The lowest BCUT2D eigenvalue weighted by Gasteiger charge is -2.09. The minimum atomic E-state index is -0.349. The molecule has 19 heavy (non-hydrogen) atoms. The number of pyridine rings is 1. The van der Waals surface area contributed by atoms with Crippen LogP contribution in [-0.4, -0.2) is 10.8 Å². The average Bonchev–Trinajstić information content (AvgIpc) is 2.40. The zero-order valence-electron chi connectivity index (χ0n) is 9.86. The van der Waals surface area contributed by atoms with E-state index in [1.54, 1.807) is 24.4 Å². The van der Waals surface area contributed by atoms with Gasteiger partial charge in [-0.25, -0.2) is 4.39 Å². The Bertz CT molecular complexity index is 619. The van der Waals surface area contributed by atoms with E-state index >= 15 is 0 Å². The second kappa shape index (κ2) is 5.79. The van der Waals surface area contributed by atoms with Gasteiger partial charge in [0.2, 0.25) is 0 Å². The molecule has 2 rings (SSSR count). The number of halogens is 2. The molecule has 6 heteroatoms. The van der Waals surface area contributed by atoms with Crippen LogP contribution in [0.3, 0.4) is 0 Å². The molecule has 0 atom stereocenters. The second-order valence-corrected chi connectivity index (χ2v) is 4.64. The van der Waals surface area contributed by atoms with Gasteiger partial charge in [0.25, 0.3) is 0 Å². The molecule has 0 saturated heterocycles. The molecular weight excluding hydrogens is 313 g/mol. The standard InChI is InChI=1S/C13H11BrFN3O/c14-10-6-9(3-4-11(10)15)19-7-8-2-1-5-18-12(8)13(16)17/h1-6H,7H2,(H3,16,17). The summed E-state index contributed by atoms with van der Waals surface area (Å²) in [7, 11) is 0. The zero-order valence-corrected chi connectivity index (χ0v) is 11.4. The first-order valence-corrected chi connectivity index (χ1v) is 6.23. The van der Waals surface area contributed by atoms with Crippen molar-refractivity contribution in [2.24, 2.45) is 5.73 Å². The summed E-state index contributed by atoms with van der Waals surface area (Å²) in [5.74, 6) is 0.0595. The number of aromatic nitrogens is 1. The fraction of sp³-hybridized carbons (Fsp3) is 0.0769. The number of hydrogen-bond acceptors (Lipinski definition) is 3. The maximum atomic E-state index is 13.1. The van der Waals surface area contributed by atoms with Crippen LogP contribution < -0.4 is 10.5 Å². The van der Waals surface area contributed by atoms with Crippen molar-refractivity contribution in [1.82, 2.24) is 4.98 Å². The van der Waals surface area contributed by atoms with E-state index in [1.165, 1.54) is 12.1 Å². The number of hydrogen-bond donors (Lipinski definition) is 2. The van der Waals surface area contributed by atoms with Crippen molar-refractivity contribution < 1.29 is 9.13 Å². The minimum absolute atomic E-state index is 0.112. The van der Waals surface area contributed by atoms with Gasteiger partial charge in [-0.1, -0.05) is 6.07 Å². The van der Waals surface area contributed by atoms with Gasteiger partial charge in [0.15, 0.2) is 0 Å². The van der Waals surface area contributed by atoms with Crippen molar-refractivity contribution in [3.8, 4) is 5.75 Å². The fourth-order valence-corrected chi connectivity index (χ4v) is 1.88. The molecule has 1 aromatic carbocycles. The van der Waals surface area contributed by atoms with Gasteiger partial charge in [0, 0.05) is 11.8 Å². The Hall–Kier alpha value is -1.95. The van der Waals surface area contributed by atoms with Crippen molar-refractivity contribution in [2.75, 3.05) is 0 Å². The molecule has 0 saturated carbocycles. The van der Waals surface area contributed by atoms with E-state index in [1.807, 2.05) is 0 Å². The van der Waals surface area contributed by atoms with Gasteiger partial charge < -0.3 is 10.5 Å². The Morgan fingerprint density at radius 3 is 2.89 bits per heavy atom. The summed E-state index contributed by atoms with van der Waals surface area (Å²) in [6.07, 6.45) is 1.56. The van der Waals surface area contributed by atoms with Crippen LogP contribution in [-0.2, 0) is 6.61 Å². The lowest BCUT2D eigenvalue weighted by Crippen LogP contribution is -2.16. The van der Waals surface area contributed by atoms with Crippen molar-refractivity contribution >= 4 is 21.8 Å². The predicted molar refractivity (Wildman–Crippen MR) is 73.7 cm³/mol. The summed E-state index contributed by atoms with van der Waals surface area (Å²) < 4.78 is 18.9. The molecule has 0 aliphatic heterocycles. The first-order chi connectivity index (χ1) is 9.08. The highest BCUT2D eigenvalue weighted by atomic mass is 79.9. The monoisotopic (exact) mass is 323 g/mol. The molecule has 0 aliphatic carbocycles. The van der Waals surface area contributed by atoms with Crippen LogP contribution in [0.5, 0.6) is 5.75 Å². The number of nitrogens with zero attached hydrogens (tertiary/aromatic N) is 1. The lowest BCUT2D eigenvalue weighted by molar-refractivity contribution is 0.304. The highest BCUT2D eigenvalue weighted by Gasteiger charge is 2.07. The predicted octanol–water partition coefficient (Wildman–Crippen LogP) is 2.85. The molecular formula is C13H11BrFN3O. The molecule has 4 nitrogen and oxygen atoms in total. The van der Waals surface area contributed by atoms with Crippen LogP contribution in [0, 0.1) is 11.2 Å². The number of rotatable bonds is 4. The summed E-state index contributed by atoms with van der Waals surface area (Å²) in [4.78, 5) is 4.02. The van der Waals surface area contributed by atoms with Crippen molar-refractivity contribution in [3.63, 3.8) is 0 Å². The molecule has 0 radical (unpaired) electrons. The molecule has 0 unspecified atom stereocenters. The van der Waals surface area contributed by atoms with Gasteiger partial charge in [0.1, 0.15) is 29.7 Å². The lowest BCUT2D eigenvalue weighted by atomic mass is 10.2. The molecule has 0 bridgehead atoms. The first-order valence-electron chi connectivity index (χ1n) is 5.44. The number of nitrogens with two attached hydrogens (primary N) is 1. The fourth-order valence-electron chi connectivity index (χ4n) is 1.53. The van der Waals surface area contributed by atoms with Crippen molar-refractivity contribution in [3.05, 3.63) is 58.1 Å². The molecule has 0 fully saturated rings. The molecule has 1 heterocycles. The van der Waals surface area contributed by atoms with E-state index in [-0.39, 0.29) is 18.3 Å². The van der Waals surface area contributed by atoms with Gasteiger partial charge in [-0.2, -0.15) is 0 Å². The maximum Gasteiger partial charge on any atom is 0.142 e. The summed E-state index contributed by atoms with van der Waals surface area (Å²) in [5.41, 5.74) is 6.53. The van der Waals surface area contributed by atoms with Crippen LogP contribution in [0.15, 0.2) is 41.0 Å². The third kappa shape index (κ3) is 3.29. The summed E-state index contributed by atoms with van der Waals surface area (Å²) in [6.45, 7) is 0.209. The third-order valence-electron chi connectivity index (χ3n) is 2.43. The van der Waals surface area contributed by atoms with E-state index < -0.39 is 0 Å². The smallest absolute Gasteiger partial charge is 0.142 e. The van der Waals surface area contributed by atoms with E-state index in [0.29, 0.717) is 21.5 Å². The molecule has 0 spiro atoms. The molecule has 2 aromatic rings. The van der Waals surface area contributed by atoms with Gasteiger partial charge in [-0.3, -0.25) is 10.4 Å². The van der Waals surface area contributed by atoms with E-state index in [0.717, 1.165) is 0 Å². The van der Waals surface area contributed by atoms with Gasteiger partial charge >= 0.3 is 0 Å². The second-order valence-electron chi connectivity index (χ2n) is 3.79. The molecule has 98 valence electrons. The molecule has 1 aromatic heterocycles. The third-order valence-corrected chi connectivity index (χ3v) is 3.04. The van der Waals surface area contributed by atoms with Crippen molar-refractivity contribution in [1.29, 1.82) is 5.41 Å². The highest BCUT2D eigenvalue weighted by molar-refractivity contribution is 9.10. The number of ether oxygens (including phenoxy) is 1. The van der Waals surface area contributed by atoms with E-state index in [9.17, 15) is 4.39 Å². The summed E-state index contributed by atoms with van der Waals surface area (Å²) in [6, 6.07) is 7.91. The molecule has 0 amide bonds. The number of amidine groups is 1. The SMILES string of the molecule is N=C(N)c1ncccc1COc1ccc(F)c(Br)c1. The van der Waals surface area contributed by atoms with E-state index in [2.05, 4.69) is 20.9 Å². The van der Waals surface area contributed by atoms with Crippen molar-refractivity contribution in [2.45, 2.75) is 6.61 Å². The Labute approximate surface area is 118 Å². The van der Waals surface area contributed by atoms with Crippen LogP contribution in [0.1, 0.15) is 11.3 Å². The van der Waals surface area contributed by atoms with Gasteiger partial charge in [0.05, 0.1) is 4.47 Å². The zero-order chi connectivity index (χ0) is 13.8.